The predicted octanol–water partition coefficient (Wildman–Crippen LogP) is 1.43. The van der Waals surface area contributed by atoms with Crippen molar-refractivity contribution in [1.29, 1.82) is 0 Å². The fourth-order valence-electron chi connectivity index (χ4n) is 3.49. The van der Waals surface area contributed by atoms with Gasteiger partial charge in [-0.3, -0.25) is 14.5 Å². The molecule has 1 aliphatic heterocycles. The number of amides is 1. The van der Waals surface area contributed by atoms with E-state index in [1.54, 1.807) is 0 Å². The van der Waals surface area contributed by atoms with Crippen molar-refractivity contribution in [2.45, 2.75) is 39.5 Å². The normalized spacial score (nSPS) is 27.3. The number of rotatable bonds is 3. The van der Waals surface area contributed by atoms with Gasteiger partial charge >= 0.3 is 5.97 Å². The van der Waals surface area contributed by atoms with Crippen LogP contribution >= 0.6 is 0 Å². The van der Waals surface area contributed by atoms with Crippen molar-refractivity contribution in [3.05, 3.63) is 0 Å². The fourth-order valence-corrected chi connectivity index (χ4v) is 3.49. The minimum atomic E-state index is -0.793. The maximum atomic E-state index is 12.7. The molecule has 5 nitrogen and oxygen atoms in total. The number of nitrogens with zero attached hydrogens (tertiary/aromatic N) is 2. The average molecular weight is 282 g/mol. The summed E-state index contributed by atoms with van der Waals surface area (Å²) in [6, 6.07) is 0. The van der Waals surface area contributed by atoms with Gasteiger partial charge in [0.05, 0.1) is 6.54 Å². The molecule has 5 heteroatoms. The molecule has 1 unspecified atom stereocenters. The van der Waals surface area contributed by atoms with Crippen LogP contribution in [0.2, 0.25) is 0 Å². The molecule has 0 radical (unpaired) electrons. The highest BCUT2D eigenvalue weighted by atomic mass is 16.4. The van der Waals surface area contributed by atoms with E-state index in [2.05, 4.69) is 13.8 Å². The van der Waals surface area contributed by atoms with E-state index in [9.17, 15) is 9.59 Å². The molecule has 1 heterocycles. The van der Waals surface area contributed by atoms with Gasteiger partial charge in [-0.05, 0) is 18.3 Å². The maximum absolute atomic E-state index is 12.7. The predicted molar refractivity (Wildman–Crippen MR) is 76.4 cm³/mol. The summed E-state index contributed by atoms with van der Waals surface area (Å²) in [6.07, 6.45) is 4.51. The van der Waals surface area contributed by atoms with Crippen LogP contribution < -0.4 is 0 Å². The zero-order valence-corrected chi connectivity index (χ0v) is 12.6. The van der Waals surface area contributed by atoms with Gasteiger partial charge in [0, 0.05) is 32.1 Å². The first kappa shape index (κ1) is 15.3. The summed E-state index contributed by atoms with van der Waals surface area (Å²) in [5.41, 5.74) is 0.105. The van der Waals surface area contributed by atoms with E-state index in [-0.39, 0.29) is 23.8 Å². The van der Waals surface area contributed by atoms with E-state index in [4.69, 9.17) is 5.11 Å². The van der Waals surface area contributed by atoms with E-state index >= 15 is 0 Å². The molecule has 1 saturated carbocycles. The number of carbonyl (C=O) groups is 2. The Morgan fingerprint density at radius 3 is 2.35 bits per heavy atom. The van der Waals surface area contributed by atoms with Crippen molar-refractivity contribution >= 4 is 11.9 Å². The van der Waals surface area contributed by atoms with Gasteiger partial charge in [0.25, 0.3) is 0 Å². The molecular formula is C15H26N2O3. The molecule has 2 aliphatic rings. The molecule has 1 saturated heterocycles. The van der Waals surface area contributed by atoms with Crippen LogP contribution in [-0.2, 0) is 9.59 Å². The zero-order chi connectivity index (χ0) is 14.8. The first-order valence-electron chi connectivity index (χ1n) is 7.63. The molecular weight excluding hydrogens is 256 g/mol. The molecule has 0 bridgehead atoms. The van der Waals surface area contributed by atoms with E-state index in [0.717, 1.165) is 19.3 Å². The van der Waals surface area contributed by atoms with Gasteiger partial charge in [0.2, 0.25) is 5.91 Å². The van der Waals surface area contributed by atoms with Crippen molar-refractivity contribution in [2.24, 2.45) is 11.3 Å². The van der Waals surface area contributed by atoms with Crippen molar-refractivity contribution in [3.8, 4) is 0 Å². The Kier molecular flexibility index (Phi) is 4.68. The second-order valence-electron chi connectivity index (χ2n) is 6.78. The largest absolute Gasteiger partial charge is 0.480 e. The molecule has 0 spiro atoms. The van der Waals surface area contributed by atoms with Crippen LogP contribution in [0.1, 0.15) is 39.5 Å². The van der Waals surface area contributed by atoms with Crippen molar-refractivity contribution in [2.75, 3.05) is 32.7 Å². The lowest BCUT2D eigenvalue weighted by Gasteiger charge is -2.42. The monoisotopic (exact) mass is 282 g/mol. The third-order valence-corrected chi connectivity index (χ3v) is 4.85. The summed E-state index contributed by atoms with van der Waals surface area (Å²) >= 11 is 0. The number of piperazine rings is 1. The number of carboxylic acids is 1. The van der Waals surface area contributed by atoms with E-state index in [1.165, 1.54) is 6.42 Å². The van der Waals surface area contributed by atoms with Gasteiger partial charge in [-0.15, -0.1) is 0 Å². The second-order valence-corrected chi connectivity index (χ2v) is 6.78. The van der Waals surface area contributed by atoms with Gasteiger partial charge in [0.1, 0.15) is 0 Å². The summed E-state index contributed by atoms with van der Waals surface area (Å²) in [4.78, 5) is 27.2. The van der Waals surface area contributed by atoms with Gasteiger partial charge in [-0.1, -0.05) is 26.7 Å². The van der Waals surface area contributed by atoms with Crippen LogP contribution in [-0.4, -0.2) is 59.5 Å². The Morgan fingerprint density at radius 2 is 1.80 bits per heavy atom. The highest BCUT2D eigenvalue weighted by Crippen LogP contribution is 2.41. The van der Waals surface area contributed by atoms with Gasteiger partial charge in [-0.2, -0.15) is 0 Å². The Bertz CT molecular complexity index is 373. The van der Waals surface area contributed by atoms with Crippen molar-refractivity contribution in [1.82, 2.24) is 9.80 Å². The molecule has 1 atom stereocenters. The summed E-state index contributed by atoms with van der Waals surface area (Å²) < 4.78 is 0. The first-order chi connectivity index (χ1) is 9.40. The van der Waals surface area contributed by atoms with Crippen LogP contribution in [0.4, 0.5) is 0 Å². The molecule has 1 aliphatic carbocycles. The highest BCUT2D eigenvalue weighted by Gasteiger charge is 2.39. The fraction of sp³-hybridized carbons (Fsp3) is 0.867. The molecule has 2 fully saturated rings. The quantitative estimate of drug-likeness (QED) is 0.850. The minimum Gasteiger partial charge on any atom is -0.480 e. The standard InChI is InChI=1S/C15H26N2O3/c1-15(2)6-4-3-5-12(15)14(20)17-9-7-16(8-10-17)11-13(18)19/h12H,3-11H2,1-2H3,(H,18,19). The number of hydrogen-bond donors (Lipinski definition) is 1. The molecule has 1 amide bonds. The summed E-state index contributed by atoms with van der Waals surface area (Å²) in [7, 11) is 0. The zero-order valence-electron chi connectivity index (χ0n) is 12.6. The lowest BCUT2D eigenvalue weighted by Crippen LogP contribution is -2.53. The second kappa shape index (κ2) is 6.12. The SMILES string of the molecule is CC1(C)CCCCC1C(=O)N1CCN(CC(=O)O)CC1. The Hall–Kier alpha value is -1.10. The Balaban J connectivity index is 1.89. The molecule has 2 rings (SSSR count). The molecule has 114 valence electrons. The number of carboxylic acid groups (broad SMARTS) is 1. The average Bonchev–Trinajstić information content (AvgIpc) is 2.37. The lowest BCUT2D eigenvalue weighted by atomic mass is 9.68. The molecule has 1 N–H and O–H groups in total. The van der Waals surface area contributed by atoms with Gasteiger partial charge in [0.15, 0.2) is 0 Å². The van der Waals surface area contributed by atoms with Crippen LogP contribution in [0.25, 0.3) is 0 Å². The van der Waals surface area contributed by atoms with Crippen LogP contribution in [0, 0.1) is 11.3 Å². The highest BCUT2D eigenvalue weighted by molar-refractivity contribution is 5.80. The molecule has 20 heavy (non-hydrogen) atoms. The van der Waals surface area contributed by atoms with Crippen molar-refractivity contribution in [3.63, 3.8) is 0 Å². The smallest absolute Gasteiger partial charge is 0.317 e. The molecule has 0 aromatic rings. The minimum absolute atomic E-state index is 0.0803. The third kappa shape index (κ3) is 3.51. The van der Waals surface area contributed by atoms with Crippen molar-refractivity contribution < 1.29 is 14.7 Å². The Labute approximate surface area is 120 Å². The molecule has 0 aromatic heterocycles. The third-order valence-electron chi connectivity index (χ3n) is 4.85. The number of carbonyl (C=O) groups excluding carboxylic acids is 1. The summed E-state index contributed by atoms with van der Waals surface area (Å²) in [6.45, 7) is 7.16. The summed E-state index contributed by atoms with van der Waals surface area (Å²) in [5, 5.41) is 8.79. The topological polar surface area (TPSA) is 60.9 Å². The van der Waals surface area contributed by atoms with Crippen LogP contribution in [0.15, 0.2) is 0 Å². The van der Waals surface area contributed by atoms with Crippen LogP contribution in [0.5, 0.6) is 0 Å². The van der Waals surface area contributed by atoms with E-state index < -0.39 is 5.97 Å². The maximum Gasteiger partial charge on any atom is 0.317 e. The van der Waals surface area contributed by atoms with Crippen LogP contribution in [0.3, 0.4) is 0 Å². The van der Waals surface area contributed by atoms with E-state index in [1.807, 2.05) is 9.80 Å². The van der Waals surface area contributed by atoms with Gasteiger partial charge in [-0.25, -0.2) is 0 Å². The lowest BCUT2D eigenvalue weighted by molar-refractivity contribution is -0.144. The first-order valence-corrected chi connectivity index (χ1v) is 7.63. The Morgan fingerprint density at radius 1 is 1.15 bits per heavy atom. The van der Waals surface area contributed by atoms with E-state index in [0.29, 0.717) is 26.2 Å². The number of hydrogen-bond acceptors (Lipinski definition) is 3. The molecule has 0 aromatic carbocycles. The van der Waals surface area contributed by atoms with Gasteiger partial charge < -0.3 is 10.0 Å². The number of aliphatic carboxylic acids is 1. The summed E-state index contributed by atoms with van der Waals surface area (Å²) in [5.74, 6) is -0.370.